The van der Waals surface area contributed by atoms with Gasteiger partial charge >= 0.3 is 6.03 Å². The van der Waals surface area contributed by atoms with E-state index in [2.05, 4.69) is 5.32 Å². The number of nitrogens with zero attached hydrogens (tertiary/aromatic N) is 2. The molecule has 1 aromatic carbocycles. The zero-order chi connectivity index (χ0) is 17.7. The van der Waals surface area contributed by atoms with Crippen LogP contribution in [-0.2, 0) is 4.79 Å². The predicted molar refractivity (Wildman–Crippen MR) is 94.2 cm³/mol. The predicted octanol–water partition coefficient (Wildman–Crippen LogP) is 2.84. The number of likely N-dealkylation sites (N-methyl/N-ethyl adjacent to an activating group) is 1. The van der Waals surface area contributed by atoms with Gasteiger partial charge in [-0.1, -0.05) is 19.1 Å². The van der Waals surface area contributed by atoms with Crippen LogP contribution in [0.1, 0.15) is 31.2 Å². The van der Waals surface area contributed by atoms with Gasteiger partial charge in [0.25, 0.3) is 0 Å². The fourth-order valence-corrected chi connectivity index (χ4v) is 3.82. The van der Waals surface area contributed by atoms with Gasteiger partial charge in [0, 0.05) is 26.7 Å². The molecule has 2 rings (SSSR count). The Morgan fingerprint density at radius 2 is 2.04 bits per heavy atom. The lowest BCUT2D eigenvalue weighted by Crippen LogP contribution is -2.43. The van der Waals surface area contributed by atoms with Crippen LogP contribution in [0.4, 0.5) is 9.18 Å². The second kappa shape index (κ2) is 8.37. The first-order valence-electron chi connectivity index (χ1n) is 8.14. The monoisotopic (exact) mass is 353 g/mol. The number of urea groups is 1. The maximum atomic E-state index is 13.1. The smallest absolute Gasteiger partial charge is 0.317 e. The molecule has 2 atom stereocenters. The Morgan fingerprint density at radius 1 is 1.38 bits per heavy atom. The van der Waals surface area contributed by atoms with E-state index in [9.17, 15) is 14.0 Å². The fourth-order valence-electron chi connectivity index (χ4n) is 2.51. The average Bonchev–Trinajstić information content (AvgIpc) is 2.86. The number of hydrogen-bond donors (Lipinski definition) is 1. The van der Waals surface area contributed by atoms with Crippen LogP contribution >= 0.6 is 11.8 Å². The molecule has 24 heavy (non-hydrogen) atoms. The van der Waals surface area contributed by atoms with E-state index < -0.39 is 0 Å². The molecule has 0 aliphatic carbocycles. The van der Waals surface area contributed by atoms with Crippen LogP contribution in [0, 0.1) is 5.82 Å². The number of benzene rings is 1. The lowest BCUT2D eigenvalue weighted by atomic mass is 10.2. The number of halogens is 1. The molecular formula is C17H24FN3O2S. The summed E-state index contributed by atoms with van der Waals surface area (Å²) in [5.74, 6) is -0.239. The first kappa shape index (κ1) is 18.6. The first-order chi connectivity index (χ1) is 11.4. The van der Waals surface area contributed by atoms with E-state index in [0.29, 0.717) is 19.6 Å². The van der Waals surface area contributed by atoms with Crippen LogP contribution in [0.3, 0.4) is 0 Å². The molecule has 1 fully saturated rings. The maximum absolute atomic E-state index is 13.1. The highest BCUT2D eigenvalue weighted by atomic mass is 32.2. The van der Waals surface area contributed by atoms with Crippen LogP contribution in [0.25, 0.3) is 0 Å². The summed E-state index contributed by atoms with van der Waals surface area (Å²) in [4.78, 5) is 27.7. The van der Waals surface area contributed by atoms with Gasteiger partial charge in [0.05, 0.1) is 5.25 Å². The van der Waals surface area contributed by atoms with Gasteiger partial charge in [0.1, 0.15) is 11.2 Å². The van der Waals surface area contributed by atoms with Gasteiger partial charge in [0.2, 0.25) is 5.91 Å². The van der Waals surface area contributed by atoms with Gasteiger partial charge in [-0.3, -0.25) is 4.79 Å². The standard InChI is InChI=1S/C17H24FN3O2S/c1-4-9-19-17(23)20(3)10-11-21-15(22)12(2)24-16(21)13-5-7-14(18)8-6-13/h5-8,12,16H,4,9-11H2,1-3H3,(H,19,23)/t12-,16+/m0/s1. The Morgan fingerprint density at radius 3 is 2.67 bits per heavy atom. The molecule has 0 spiro atoms. The van der Waals surface area contributed by atoms with E-state index in [-0.39, 0.29) is 28.4 Å². The summed E-state index contributed by atoms with van der Waals surface area (Å²) in [7, 11) is 1.72. The van der Waals surface area contributed by atoms with Crippen molar-refractivity contribution in [2.45, 2.75) is 30.9 Å². The maximum Gasteiger partial charge on any atom is 0.317 e. The molecule has 0 radical (unpaired) electrons. The Bertz CT molecular complexity index is 582. The number of carbonyl (C=O) groups is 2. The molecule has 1 saturated heterocycles. The van der Waals surface area contributed by atoms with E-state index in [1.807, 2.05) is 13.8 Å². The largest absolute Gasteiger partial charge is 0.338 e. The summed E-state index contributed by atoms with van der Waals surface area (Å²) < 4.78 is 13.1. The van der Waals surface area contributed by atoms with Crippen LogP contribution in [0.2, 0.25) is 0 Å². The molecule has 0 bridgehead atoms. The van der Waals surface area contributed by atoms with E-state index >= 15 is 0 Å². The molecule has 5 nitrogen and oxygen atoms in total. The van der Waals surface area contributed by atoms with Crippen molar-refractivity contribution >= 4 is 23.7 Å². The SMILES string of the molecule is CCCNC(=O)N(C)CCN1C(=O)[C@H](C)S[C@@H]1c1ccc(F)cc1. The topological polar surface area (TPSA) is 52.7 Å². The normalized spacial score (nSPS) is 20.3. The molecule has 7 heteroatoms. The van der Waals surface area contributed by atoms with Crippen LogP contribution in [0.5, 0.6) is 0 Å². The van der Waals surface area contributed by atoms with E-state index in [4.69, 9.17) is 0 Å². The minimum absolute atomic E-state index is 0.0525. The van der Waals surface area contributed by atoms with E-state index in [1.54, 1.807) is 40.7 Å². The fraction of sp³-hybridized carbons (Fsp3) is 0.529. The van der Waals surface area contributed by atoms with Crippen molar-refractivity contribution in [3.05, 3.63) is 35.6 Å². The number of carbonyl (C=O) groups excluding carboxylic acids is 2. The number of rotatable bonds is 6. The van der Waals surface area contributed by atoms with Crippen LogP contribution in [-0.4, -0.2) is 53.7 Å². The molecule has 1 heterocycles. The molecule has 1 aromatic rings. The minimum Gasteiger partial charge on any atom is -0.338 e. The molecule has 1 aliphatic heterocycles. The second-order valence-electron chi connectivity index (χ2n) is 5.87. The van der Waals surface area contributed by atoms with Gasteiger partial charge in [-0.05, 0) is 31.0 Å². The van der Waals surface area contributed by atoms with E-state index in [0.717, 1.165) is 12.0 Å². The average molecular weight is 353 g/mol. The van der Waals surface area contributed by atoms with Crippen LogP contribution < -0.4 is 5.32 Å². The van der Waals surface area contributed by atoms with Crippen molar-refractivity contribution < 1.29 is 14.0 Å². The van der Waals surface area contributed by atoms with Crippen molar-refractivity contribution in [1.82, 2.24) is 15.1 Å². The molecule has 0 aromatic heterocycles. The zero-order valence-corrected chi connectivity index (χ0v) is 15.1. The van der Waals surface area contributed by atoms with Crippen LogP contribution in [0.15, 0.2) is 24.3 Å². The number of nitrogens with one attached hydrogen (secondary N) is 1. The highest BCUT2D eigenvalue weighted by molar-refractivity contribution is 8.01. The Kier molecular flexibility index (Phi) is 6.48. The molecule has 1 aliphatic rings. The summed E-state index contributed by atoms with van der Waals surface area (Å²) in [6.45, 7) is 5.41. The van der Waals surface area contributed by atoms with E-state index in [1.165, 1.54) is 12.1 Å². The highest BCUT2D eigenvalue weighted by Crippen LogP contribution is 2.42. The summed E-state index contributed by atoms with van der Waals surface area (Å²) in [5, 5.41) is 2.54. The second-order valence-corrected chi connectivity index (χ2v) is 7.29. The van der Waals surface area contributed by atoms with Crippen molar-refractivity contribution in [3.63, 3.8) is 0 Å². The van der Waals surface area contributed by atoms with Gasteiger partial charge in [-0.2, -0.15) is 0 Å². The minimum atomic E-state index is -0.292. The summed E-state index contributed by atoms with van der Waals surface area (Å²) in [5.41, 5.74) is 0.900. The molecule has 3 amide bonds. The number of amides is 3. The van der Waals surface area contributed by atoms with Gasteiger partial charge < -0.3 is 15.1 Å². The van der Waals surface area contributed by atoms with Crippen molar-refractivity contribution in [2.24, 2.45) is 0 Å². The zero-order valence-electron chi connectivity index (χ0n) is 14.3. The summed E-state index contributed by atoms with van der Waals surface area (Å²) in [6.07, 6.45) is 0.880. The first-order valence-corrected chi connectivity index (χ1v) is 9.08. The molecule has 132 valence electrons. The van der Waals surface area contributed by atoms with Crippen molar-refractivity contribution in [1.29, 1.82) is 0 Å². The number of thioether (sulfide) groups is 1. The van der Waals surface area contributed by atoms with Crippen molar-refractivity contribution in [2.75, 3.05) is 26.7 Å². The molecular weight excluding hydrogens is 329 g/mol. The highest BCUT2D eigenvalue weighted by Gasteiger charge is 2.38. The third-order valence-corrected chi connectivity index (χ3v) is 5.35. The number of hydrogen-bond acceptors (Lipinski definition) is 3. The third kappa shape index (κ3) is 4.41. The van der Waals surface area contributed by atoms with Gasteiger partial charge in [-0.25, -0.2) is 9.18 Å². The molecule has 0 saturated carbocycles. The Balaban J connectivity index is 2.01. The van der Waals surface area contributed by atoms with Crippen molar-refractivity contribution in [3.8, 4) is 0 Å². The Hall–Kier alpha value is -1.76. The third-order valence-electron chi connectivity index (χ3n) is 3.95. The quantitative estimate of drug-likeness (QED) is 0.856. The Labute approximate surface area is 146 Å². The van der Waals surface area contributed by atoms with Gasteiger partial charge in [-0.15, -0.1) is 11.8 Å². The summed E-state index contributed by atoms with van der Waals surface area (Å²) >= 11 is 1.55. The summed E-state index contributed by atoms with van der Waals surface area (Å²) in [6, 6.07) is 6.10. The molecule has 0 unspecified atom stereocenters. The van der Waals surface area contributed by atoms with Gasteiger partial charge in [0.15, 0.2) is 0 Å². The lowest BCUT2D eigenvalue weighted by molar-refractivity contribution is -0.129. The lowest BCUT2D eigenvalue weighted by Gasteiger charge is -2.27. The molecule has 1 N–H and O–H groups in total.